The third-order valence-corrected chi connectivity index (χ3v) is 3.38. The maximum absolute atomic E-state index is 9.35. The van der Waals surface area contributed by atoms with E-state index in [1.165, 1.54) is 5.56 Å². The van der Waals surface area contributed by atoms with Gasteiger partial charge in [-0.1, -0.05) is 12.1 Å². The van der Waals surface area contributed by atoms with Crippen molar-refractivity contribution in [3.63, 3.8) is 0 Å². The number of hydrogen-bond acceptors (Lipinski definition) is 3. The van der Waals surface area contributed by atoms with Crippen LogP contribution in [0, 0.1) is 6.92 Å². The predicted octanol–water partition coefficient (Wildman–Crippen LogP) is 2.60. The molecule has 0 aromatic heterocycles. The number of rotatable bonds is 6. The standard InChI is InChI=1S/C15H25NO2/c1-6-18-14-8-7-13(9-12(14)2)10-16(5)15(3,4)11-17/h7-9,17H,6,10-11H2,1-5H3. The Bertz CT molecular complexity index is 388. The normalized spacial score (nSPS) is 11.9. The minimum absolute atomic E-state index is 0.152. The molecule has 0 fully saturated rings. The number of aliphatic hydroxyl groups is 1. The van der Waals surface area contributed by atoms with Gasteiger partial charge in [0.1, 0.15) is 5.75 Å². The van der Waals surface area contributed by atoms with Crippen LogP contribution >= 0.6 is 0 Å². The number of nitrogens with zero attached hydrogens (tertiary/aromatic N) is 1. The molecule has 1 N–H and O–H groups in total. The van der Waals surface area contributed by atoms with E-state index >= 15 is 0 Å². The number of likely N-dealkylation sites (N-methyl/N-ethyl adjacent to an activating group) is 1. The minimum atomic E-state index is -0.202. The lowest BCUT2D eigenvalue weighted by atomic mass is 10.0. The van der Waals surface area contributed by atoms with E-state index in [0.29, 0.717) is 6.61 Å². The lowest BCUT2D eigenvalue weighted by molar-refractivity contribution is 0.0734. The molecule has 0 spiro atoms. The van der Waals surface area contributed by atoms with Gasteiger partial charge in [-0.05, 0) is 51.9 Å². The van der Waals surface area contributed by atoms with Gasteiger partial charge in [0, 0.05) is 12.1 Å². The van der Waals surface area contributed by atoms with Gasteiger partial charge in [-0.15, -0.1) is 0 Å². The number of aliphatic hydroxyl groups excluding tert-OH is 1. The number of benzene rings is 1. The summed E-state index contributed by atoms with van der Waals surface area (Å²) in [6, 6.07) is 6.25. The molecule has 1 aromatic rings. The Morgan fingerprint density at radius 3 is 2.50 bits per heavy atom. The molecule has 0 atom stereocenters. The Labute approximate surface area is 110 Å². The second kappa shape index (κ2) is 6.21. The Balaban J connectivity index is 2.77. The van der Waals surface area contributed by atoms with Gasteiger partial charge < -0.3 is 9.84 Å². The topological polar surface area (TPSA) is 32.7 Å². The first-order chi connectivity index (χ1) is 8.40. The molecule has 102 valence electrons. The molecule has 0 saturated carbocycles. The van der Waals surface area contributed by atoms with Crippen LogP contribution in [0.2, 0.25) is 0 Å². The summed E-state index contributed by atoms with van der Waals surface area (Å²) < 4.78 is 5.53. The van der Waals surface area contributed by atoms with Crippen LogP contribution in [-0.4, -0.2) is 35.8 Å². The smallest absolute Gasteiger partial charge is 0.122 e. The average molecular weight is 251 g/mol. The molecular formula is C15H25NO2. The molecular weight excluding hydrogens is 226 g/mol. The summed E-state index contributed by atoms with van der Waals surface area (Å²) >= 11 is 0. The first kappa shape index (κ1) is 15.0. The van der Waals surface area contributed by atoms with Crippen LogP contribution < -0.4 is 4.74 Å². The highest BCUT2D eigenvalue weighted by molar-refractivity contribution is 5.36. The Kier molecular flexibility index (Phi) is 5.17. The van der Waals surface area contributed by atoms with Crippen molar-refractivity contribution in [2.75, 3.05) is 20.3 Å². The molecule has 0 aliphatic carbocycles. The molecule has 0 saturated heterocycles. The van der Waals surface area contributed by atoms with E-state index in [0.717, 1.165) is 17.9 Å². The third-order valence-electron chi connectivity index (χ3n) is 3.38. The quantitative estimate of drug-likeness (QED) is 0.843. The fourth-order valence-electron chi connectivity index (χ4n) is 1.74. The van der Waals surface area contributed by atoms with E-state index in [2.05, 4.69) is 24.0 Å². The SMILES string of the molecule is CCOc1ccc(CN(C)C(C)(C)CO)cc1C. The van der Waals surface area contributed by atoms with Crippen LogP contribution in [0.1, 0.15) is 31.9 Å². The van der Waals surface area contributed by atoms with Gasteiger partial charge in [0.15, 0.2) is 0 Å². The van der Waals surface area contributed by atoms with Gasteiger partial charge in [-0.25, -0.2) is 0 Å². The number of ether oxygens (including phenoxy) is 1. The molecule has 18 heavy (non-hydrogen) atoms. The van der Waals surface area contributed by atoms with Crippen molar-refractivity contribution in [2.24, 2.45) is 0 Å². The summed E-state index contributed by atoms with van der Waals surface area (Å²) in [6.07, 6.45) is 0. The van der Waals surface area contributed by atoms with Gasteiger partial charge in [0.2, 0.25) is 0 Å². The number of hydrogen-bond donors (Lipinski definition) is 1. The molecule has 0 heterocycles. The summed E-state index contributed by atoms with van der Waals surface area (Å²) in [5.74, 6) is 0.949. The van der Waals surface area contributed by atoms with E-state index in [-0.39, 0.29) is 12.1 Å². The molecule has 0 aliphatic rings. The van der Waals surface area contributed by atoms with Gasteiger partial charge in [0.05, 0.1) is 13.2 Å². The van der Waals surface area contributed by atoms with E-state index in [9.17, 15) is 5.11 Å². The van der Waals surface area contributed by atoms with Gasteiger partial charge >= 0.3 is 0 Å². The van der Waals surface area contributed by atoms with Crippen LogP contribution in [0.25, 0.3) is 0 Å². The molecule has 0 radical (unpaired) electrons. The fourth-order valence-corrected chi connectivity index (χ4v) is 1.74. The maximum atomic E-state index is 9.35. The summed E-state index contributed by atoms with van der Waals surface area (Å²) in [5, 5.41) is 9.35. The van der Waals surface area contributed by atoms with Gasteiger partial charge in [-0.3, -0.25) is 4.90 Å². The molecule has 1 aromatic carbocycles. The first-order valence-corrected chi connectivity index (χ1v) is 6.45. The molecule has 0 amide bonds. The summed E-state index contributed by atoms with van der Waals surface area (Å²) in [5.41, 5.74) is 2.19. The van der Waals surface area contributed by atoms with Gasteiger partial charge in [0.25, 0.3) is 0 Å². The molecule has 0 unspecified atom stereocenters. The average Bonchev–Trinajstić information content (AvgIpc) is 2.32. The Morgan fingerprint density at radius 2 is 2.00 bits per heavy atom. The van der Waals surface area contributed by atoms with E-state index in [1.54, 1.807) is 0 Å². The predicted molar refractivity (Wildman–Crippen MR) is 75.0 cm³/mol. The second-order valence-corrected chi connectivity index (χ2v) is 5.36. The summed E-state index contributed by atoms with van der Waals surface area (Å²) in [6.45, 7) is 9.79. The van der Waals surface area contributed by atoms with Crippen LogP contribution in [0.15, 0.2) is 18.2 Å². The highest BCUT2D eigenvalue weighted by Gasteiger charge is 2.22. The monoisotopic (exact) mass is 251 g/mol. The van der Waals surface area contributed by atoms with Crippen LogP contribution in [0.4, 0.5) is 0 Å². The minimum Gasteiger partial charge on any atom is -0.494 e. The van der Waals surface area contributed by atoms with E-state index < -0.39 is 0 Å². The van der Waals surface area contributed by atoms with E-state index in [4.69, 9.17) is 4.74 Å². The number of aryl methyl sites for hydroxylation is 1. The molecule has 0 aliphatic heterocycles. The molecule has 3 heteroatoms. The molecule has 1 rings (SSSR count). The van der Waals surface area contributed by atoms with Crippen molar-refractivity contribution in [3.05, 3.63) is 29.3 Å². The van der Waals surface area contributed by atoms with Crippen molar-refractivity contribution >= 4 is 0 Å². The fraction of sp³-hybridized carbons (Fsp3) is 0.600. The van der Waals surface area contributed by atoms with Crippen LogP contribution in [-0.2, 0) is 6.54 Å². The van der Waals surface area contributed by atoms with E-state index in [1.807, 2.05) is 33.9 Å². The van der Waals surface area contributed by atoms with Crippen molar-refractivity contribution in [2.45, 2.75) is 39.8 Å². The zero-order valence-electron chi connectivity index (χ0n) is 12.2. The largest absolute Gasteiger partial charge is 0.494 e. The summed E-state index contributed by atoms with van der Waals surface area (Å²) in [7, 11) is 2.03. The summed E-state index contributed by atoms with van der Waals surface area (Å²) in [4.78, 5) is 2.15. The van der Waals surface area contributed by atoms with Gasteiger partial charge in [-0.2, -0.15) is 0 Å². The van der Waals surface area contributed by atoms with Crippen molar-refractivity contribution in [1.29, 1.82) is 0 Å². The Morgan fingerprint density at radius 1 is 1.33 bits per heavy atom. The lowest BCUT2D eigenvalue weighted by Gasteiger charge is -2.34. The van der Waals surface area contributed by atoms with Crippen LogP contribution in [0.3, 0.4) is 0 Å². The Hall–Kier alpha value is -1.06. The second-order valence-electron chi connectivity index (χ2n) is 5.36. The third kappa shape index (κ3) is 3.72. The van der Waals surface area contributed by atoms with Crippen molar-refractivity contribution < 1.29 is 9.84 Å². The highest BCUT2D eigenvalue weighted by Crippen LogP contribution is 2.21. The lowest BCUT2D eigenvalue weighted by Crippen LogP contribution is -2.43. The first-order valence-electron chi connectivity index (χ1n) is 6.45. The van der Waals surface area contributed by atoms with Crippen LogP contribution in [0.5, 0.6) is 5.75 Å². The maximum Gasteiger partial charge on any atom is 0.122 e. The van der Waals surface area contributed by atoms with Crippen molar-refractivity contribution in [1.82, 2.24) is 4.90 Å². The zero-order valence-corrected chi connectivity index (χ0v) is 12.2. The highest BCUT2D eigenvalue weighted by atomic mass is 16.5. The molecule has 0 bridgehead atoms. The zero-order chi connectivity index (χ0) is 13.8. The molecule has 3 nitrogen and oxygen atoms in total. The van der Waals surface area contributed by atoms with Crippen molar-refractivity contribution in [3.8, 4) is 5.75 Å².